The molecule has 1 aromatic carbocycles. The van der Waals surface area contributed by atoms with Crippen LogP contribution in [0.2, 0.25) is 0 Å². The van der Waals surface area contributed by atoms with E-state index in [1.54, 1.807) is 60.4 Å². The third-order valence-electron chi connectivity index (χ3n) is 4.58. The van der Waals surface area contributed by atoms with Crippen molar-refractivity contribution in [2.24, 2.45) is 7.05 Å². The van der Waals surface area contributed by atoms with Crippen LogP contribution in [0.3, 0.4) is 0 Å². The van der Waals surface area contributed by atoms with Crippen LogP contribution in [-0.4, -0.2) is 46.0 Å². The molecule has 4 aromatic rings. The first-order valence-corrected chi connectivity index (χ1v) is 11.0. The Morgan fingerprint density at radius 2 is 1.90 bits per heavy atom. The second-order valence-electron chi connectivity index (χ2n) is 6.84. The van der Waals surface area contributed by atoms with Crippen molar-refractivity contribution in [1.29, 1.82) is 0 Å². The number of fused-ring (bicyclic) bond motifs is 1. The normalized spacial score (nSPS) is 11.5. The second-order valence-corrected chi connectivity index (χ2v) is 8.68. The van der Waals surface area contributed by atoms with Crippen molar-refractivity contribution < 1.29 is 17.6 Å². The zero-order valence-electron chi connectivity index (χ0n) is 16.5. The zero-order valence-corrected chi connectivity index (χ0v) is 17.3. The average Bonchev–Trinajstić information content (AvgIpc) is 3.34. The van der Waals surface area contributed by atoms with Gasteiger partial charge in [-0.3, -0.25) is 14.2 Å². The number of aromatic nitrogens is 4. The molecule has 0 unspecified atom stereocenters. The van der Waals surface area contributed by atoms with E-state index in [2.05, 4.69) is 20.2 Å². The molecule has 0 fully saturated rings. The number of carbonyl (C=O) groups excluding carboxylic acids is 1. The van der Waals surface area contributed by atoms with Gasteiger partial charge in [0.25, 0.3) is 5.91 Å². The fourth-order valence-corrected chi connectivity index (χ4v) is 4.01. The van der Waals surface area contributed by atoms with Crippen LogP contribution in [0.25, 0.3) is 16.8 Å². The SMILES string of the molecule is Cn1nc(-c2ccc(F)cc2)cc1C(=O)NCCS(=O)(=O)Nc1ccn2nccc2c1. The van der Waals surface area contributed by atoms with Gasteiger partial charge in [0.2, 0.25) is 10.0 Å². The largest absolute Gasteiger partial charge is 0.350 e. The topological polar surface area (TPSA) is 110 Å². The standard InChI is InChI=1S/C20H19FN6O3S/c1-26-19(13-18(24-26)14-2-4-15(21)5-3-14)20(28)22-9-11-31(29,30)25-16-7-10-27-17(12-16)6-8-23-27/h2-8,10,12-13,25H,9,11H2,1H3,(H,22,28). The van der Waals surface area contributed by atoms with E-state index in [1.165, 1.54) is 16.8 Å². The Balaban J connectivity index is 1.36. The van der Waals surface area contributed by atoms with Gasteiger partial charge in [-0.2, -0.15) is 10.2 Å². The molecule has 0 bridgehead atoms. The molecule has 0 atom stereocenters. The van der Waals surface area contributed by atoms with Gasteiger partial charge in [-0.25, -0.2) is 17.3 Å². The molecule has 0 saturated heterocycles. The van der Waals surface area contributed by atoms with Gasteiger partial charge in [-0.05, 0) is 48.5 Å². The first-order valence-electron chi connectivity index (χ1n) is 9.33. The van der Waals surface area contributed by atoms with Gasteiger partial charge in [-0.15, -0.1) is 0 Å². The van der Waals surface area contributed by atoms with Crippen molar-refractivity contribution in [3.05, 3.63) is 72.4 Å². The second kappa shape index (κ2) is 8.19. The van der Waals surface area contributed by atoms with E-state index in [4.69, 9.17) is 0 Å². The summed E-state index contributed by atoms with van der Waals surface area (Å²) in [6.45, 7) is -0.0832. The van der Waals surface area contributed by atoms with Crippen molar-refractivity contribution in [2.45, 2.75) is 0 Å². The van der Waals surface area contributed by atoms with Gasteiger partial charge in [0.05, 0.1) is 22.7 Å². The van der Waals surface area contributed by atoms with Crippen LogP contribution in [0.1, 0.15) is 10.5 Å². The minimum atomic E-state index is -3.67. The third-order valence-corrected chi connectivity index (χ3v) is 5.87. The lowest BCUT2D eigenvalue weighted by Crippen LogP contribution is -2.32. The summed E-state index contributed by atoms with van der Waals surface area (Å²) in [6, 6.07) is 12.3. The maximum atomic E-state index is 13.1. The van der Waals surface area contributed by atoms with E-state index >= 15 is 0 Å². The minimum absolute atomic E-state index is 0.0832. The van der Waals surface area contributed by atoms with Gasteiger partial charge in [0.15, 0.2) is 0 Å². The number of sulfonamides is 1. The summed E-state index contributed by atoms with van der Waals surface area (Å²) in [6.07, 6.45) is 3.26. The Labute approximate surface area is 177 Å². The quantitative estimate of drug-likeness (QED) is 0.455. The van der Waals surface area contributed by atoms with Gasteiger partial charge >= 0.3 is 0 Å². The maximum Gasteiger partial charge on any atom is 0.269 e. The monoisotopic (exact) mass is 442 g/mol. The zero-order chi connectivity index (χ0) is 22.0. The summed E-state index contributed by atoms with van der Waals surface area (Å²) < 4.78 is 43.3. The molecule has 9 nitrogen and oxygen atoms in total. The summed E-state index contributed by atoms with van der Waals surface area (Å²) in [4.78, 5) is 12.5. The number of amides is 1. The molecular weight excluding hydrogens is 423 g/mol. The molecule has 0 aliphatic carbocycles. The van der Waals surface area contributed by atoms with Crippen LogP contribution in [-0.2, 0) is 17.1 Å². The van der Waals surface area contributed by atoms with Crippen LogP contribution in [0.4, 0.5) is 10.1 Å². The van der Waals surface area contributed by atoms with E-state index in [1.807, 2.05) is 0 Å². The molecule has 2 N–H and O–H groups in total. The summed E-state index contributed by atoms with van der Waals surface area (Å²) >= 11 is 0. The Hall–Kier alpha value is -3.73. The third kappa shape index (κ3) is 4.72. The Morgan fingerprint density at radius 1 is 1.13 bits per heavy atom. The van der Waals surface area contributed by atoms with E-state index in [-0.39, 0.29) is 23.8 Å². The summed E-state index contributed by atoms with van der Waals surface area (Å²) in [5.74, 6) is -1.12. The smallest absolute Gasteiger partial charge is 0.269 e. The molecule has 0 aliphatic heterocycles. The van der Waals surface area contributed by atoms with E-state index < -0.39 is 15.9 Å². The fraction of sp³-hybridized carbons (Fsp3) is 0.150. The number of nitrogens with one attached hydrogen (secondary N) is 2. The van der Waals surface area contributed by atoms with Crippen molar-refractivity contribution in [2.75, 3.05) is 17.0 Å². The van der Waals surface area contributed by atoms with Gasteiger partial charge in [-0.1, -0.05) is 0 Å². The van der Waals surface area contributed by atoms with Crippen molar-refractivity contribution in [3.63, 3.8) is 0 Å². The number of anilines is 1. The first-order chi connectivity index (χ1) is 14.8. The molecule has 0 saturated carbocycles. The Kier molecular flexibility index (Phi) is 5.42. The predicted molar refractivity (Wildman–Crippen MR) is 114 cm³/mol. The van der Waals surface area contributed by atoms with Crippen molar-refractivity contribution in [3.8, 4) is 11.3 Å². The van der Waals surface area contributed by atoms with Crippen LogP contribution in [0.5, 0.6) is 0 Å². The number of pyridine rings is 1. The highest BCUT2D eigenvalue weighted by Gasteiger charge is 2.16. The van der Waals surface area contributed by atoms with E-state index in [9.17, 15) is 17.6 Å². The number of aryl methyl sites for hydroxylation is 1. The molecule has 31 heavy (non-hydrogen) atoms. The lowest BCUT2D eigenvalue weighted by atomic mass is 10.1. The molecule has 0 spiro atoms. The average molecular weight is 442 g/mol. The van der Waals surface area contributed by atoms with E-state index in [0.29, 0.717) is 16.9 Å². The first kappa shape index (κ1) is 20.5. The number of carbonyl (C=O) groups is 1. The molecule has 3 aromatic heterocycles. The molecule has 3 heterocycles. The highest BCUT2D eigenvalue weighted by molar-refractivity contribution is 7.92. The van der Waals surface area contributed by atoms with Crippen LogP contribution >= 0.6 is 0 Å². The van der Waals surface area contributed by atoms with Gasteiger partial charge in [0, 0.05) is 31.5 Å². The minimum Gasteiger partial charge on any atom is -0.350 e. The molecule has 0 radical (unpaired) electrons. The predicted octanol–water partition coefficient (Wildman–Crippen LogP) is 2.05. The number of hydrogen-bond acceptors (Lipinski definition) is 5. The summed E-state index contributed by atoms with van der Waals surface area (Å²) in [5, 5.41) is 10.9. The maximum absolute atomic E-state index is 13.1. The Bertz CT molecular complexity index is 1350. The molecular formula is C20H19FN6O3S. The lowest BCUT2D eigenvalue weighted by Gasteiger charge is -2.09. The molecule has 160 valence electrons. The molecule has 4 rings (SSSR count). The number of benzene rings is 1. The van der Waals surface area contributed by atoms with Crippen molar-refractivity contribution in [1.82, 2.24) is 24.7 Å². The number of halogens is 1. The number of hydrogen-bond donors (Lipinski definition) is 2. The lowest BCUT2D eigenvalue weighted by molar-refractivity contribution is 0.0946. The molecule has 0 aliphatic rings. The molecule has 11 heteroatoms. The summed E-state index contributed by atoms with van der Waals surface area (Å²) in [7, 11) is -2.06. The molecule has 1 amide bonds. The van der Waals surface area contributed by atoms with Crippen molar-refractivity contribution >= 4 is 27.1 Å². The highest BCUT2D eigenvalue weighted by atomic mass is 32.2. The highest BCUT2D eigenvalue weighted by Crippen LogP contribution is 2.19. The Morgan fingerprint density at radius 3 is 2.68 bits per heavy atom. The fourth-order valence-electron chi connectivity index (χ4n) is 3.05. The van der Waals surface area contributed by atoms with Crippen LogP contribution < -0.4 is 10.0 Å². The summed E-state index contributed by atoms with van der Waals surface area (Å²) in [5.41, 5.74) is 2.60. The van der Waals surface area contributed by atoms with Gasteiger partial charge < -0.3 is 5.32 Å². The van der Waals surface area contributed by atoms with E-state index in [0.717, 1.165) is 5.52 Å². The number of rotatable bonds is 7. The van der Waals surface area contributed by atoms with Crippen LogP contribution in [0.15, 0.2) is 60.9 Å². The van der Waals surface area contributed by atoms with Gasteiger partial charge in [0.1, 0.15) is 11.5 Å². The number of nitrogens with zero attached hydrogens (tertiary/aromatic N) is 4. The van der Waals surface area contributed by atoms with Crippen LogP contribution in [0, 0.1) is 5.82 Å².